The van der Waals surface area contributed by atoms with Crippen LogP contribution in [-0.4, -0.2) is 43.8 Å². The molecule has 2 aromatic heterocycles. The fraction of sp³-hybridized carbons (Fsp3) is 0.278. The molecule has 3 heterocycles. The van der Waals surface area contributed by atoms with Gasteiger partial charge in [0.1, 0.15) is 11.5 Å². The fourth-order valence-corrected chi connectivity index (χ4v) is 3.55. The van der Waals surface area contributed by atoms with Gasteiger partial charge in [0.05, 0.1) is 11.9 Å². The normalized spacial score (nSPS) is 15.5. The number of nitrogens with zero attached hydrogens (tertiary/aromatic N) is 3. The molecule has 0 aliphatic carbocycles. The van der Waals surface area contributed by atoms with Crippen molar-refractivity contribution in [1.29, 1.82) is 0 Å². The van der Waals surface area contributed by atoms with E-state index in [1.165, 1.54) is 17.0 Å². The second-order valence-corrected chi connectivity index (χ2v) is 6.40. The van der Waals surface area contributed by atoms with Gasteiger partial charge in [-0.1, -0.05) is 18.2 Å². The molecule has 4 rings (SSSR count). The molecule has 1 aliphatic heterocycles. The van der Waals surface area contributed by atoms with Gasteiger partial charge in [-0.2, -0.15) is 5.10 Å². The molecular weight excluding hydrogens is 339 g/mol. The van der Waals surface area contributed by atoms with Crippen LogP contribution in [0.2, 0.25) is 0 Å². The third-order valence-corrected chi connectivity index (χ3v) is 4.88. The van der Waals surface area contributed by atoms with E-state index < -0.39 is 6.09 Å². The van der Waals surface area contributed by atoms with Gasteiger partial charge >= 0.3 is 6.09 Å². The monoisotopic (exact) mass is 356 g/mol. The van der Waals surface area contributed by atoms with Crippen molar-refractivity contribution in [2.45, 2.75) is 18.8 Å². The first kappa shape index (κ1) is 16.3. The quantitative estimate of drug-likeness (QED) is 0.739. The number of benzene rings is 1. The van der Waals surface area contributed by atoms with Crippen molar-refractivity contribution in [3.8, 4) is 11.1 Å². The zero-order chi connectivity index (χ0) is 18.3. The van der Waals surface area contributed by atoms with Crippen molar-refractivity contribution in [2.75, 3.05) is 13.1 Å². The van der Waals surface area contributed by atoms with Crippen LogP contribution in [-0.2, 0) is 0 Å². The van der Waals surface area contributed by atoms with Crippen LogP contribution in [0, 0.1) is 5.82 Å². The summed E-state index contributed by atoms with van der Waals surface area (Å²) in [5.41, 5.74) is 1.77. The van der Waals surface area contributed by atoms with E-state index >= 15 is 0 Å². The molecule has 0 bridgehead atoms. The molecule has 7 nitrogen and oxygen atoms in total. The van der Waals surface area contributed by atoms with Crippen molar-refractivity contribution in [2.24, 2.45) is 0 Å². The van der Waals surface area contributed by atoms with Gasteiger partial charge in [-0.25, -0.2) is 13.7 Å². The number of carbonyl (C=O) groups is 1. The van der Waals surface area contributed by atoms with E-state index in [1.807, 2.05) is 0 Å². The first-order valence-corrected chi connectivity index (χ1v) is 8.38. The molecule has 0 spiro atoms. The number of nitrogens with one attached hydrogen (secondary N) is 1. The number of halogens is 1. The molecule has 26 heavy (non-hydrogen) atoms. The van der Waals surface area contributed by atoms with Gasteiger partial charge < -0.3 is 15.0 Å². The van der Waals surface area contributed by atoms with Crippen molar-refractivity contribution >= 4 is 11.7 Å². The van der Waals surface area contributed by atoms with Crippen LogP contribution >= 0.6 is 0 Å². The van der Waals surface area contributed by atoms with Crippen molar-refractivity contribution < 1.29 is 14.3 Å². The Bertz CT molecular complexity index is 1030. The van der Waals surface area contributed by atoms with Crippen molar-refractivity contribution in [3.05, 3.63) is 58.4 Å². The molecule has 0 radical (unpaired) electrons. The summed E-state index contributed by atoms with van der Waals surface area (Å²) >= 11 is 0. The topological polar surface area (TPSA) is 90.7 Å². The minimum atomic E-state index is -0.930. The van der Waals surface area contributed by atoms with Gasteiger partial charge in [0.15, 0.2) is 0 Å². The van der Waals surface area contributed by atoms with E-state index in [0.717, 1.165) is 5.69 Å². The predicted molar refractivity (Wildman–Crippen MR) is 92.8 cm³/mol. The zero-order valence-corrected chi connectivity index (χ0v) is 13.9. The van der Waals surface area contributed by atoms with Gasteiger partial charge in [-0.05, 0) is 18.9 Å². The van der Waals surface area contributed by atoms with E-state index in [1.54, 1.807) is 28.9 Å². The number of amides is 1. The number of fused-ring (bicyclic) bond motifs is 1. The highest BCUT2D eigenvalue weighted by atomic mass is 19.1. The Morgan fingerprint density at radius 1 is 1.23 bits per heavy atom. The standard InChI is InChI=1S/C18H17FN4O3/c19-14-4-2-1-3-12(14)13-10-20-23-15(9-16(24)21-17(13)23)11-5-7-22(8-6-11)18(25)26/h1-4,9-11H,5-8H2,(H,21,24)(H,25,26). The molecule has 1 fully saturated rings. The smallest absolute Gasteiger partial charge is 0.407 e. The molecule has 2 N–H and O–H groups in total. The number of hydrogen-bond acceptors (Lipinski definition) is 3. The van der Waals surface area contributed by atoms with Crippen LogP contribution in [0.1, 0.15) is 24.5 Å². The number of aromatic nitrogens is 3. The summed E-state index contributed by atoms with van der Waals surface area (Å²) in [4.78, 5) is 27.4. The van der Waals surface area contributed by atoms with Crippen LogP contribution in [0.3, 0.4) is 0 Å². The third kappa shape index (κ3) is 2.73. The number of likely N-dealkylation sites (tertiary alicyclic amines) is 1. The number of aromatic amines is 1. The summed E-state index contributed by atoms with van der Waals surface area (Å²) in [7, 11) is 0. The minimum absolute atomic E-state index is 0.0174. The highest BCUT2D eigenvalue weighted by Gasteiger charge is 2.26. The Balaban J connectivity index is 1.77. The van der Waals surface area contributed by atoms with E-state index in [2.05, 4.69) is 10.1 Å². The summed E-state index contributed by atoms with van der Waals surface area (Å²) < 4.78 is 15.8. The lowest BCUT2D eigenvalue weighted by Crippen LogP contribution is -2.37. The highest BCUT2D eigenvalue weighted by molar-refractivity contribution is 5.77. The molecule has 1 aliphatic rings. The van der Waals surface area contributed by atoms with Crippen LogP contribution in [0.15, 0.2) is 41.3 Å². The largest absolute Gasteiger partial charge is 0.465 e. The van der Waals surface area contributed by atoms with Crippen molar-refractivity contribution in [3.63, 3.8) is 0 Å². The number of carboxylic acid groups (broad SMARTS) is 1. The molecule has 0 saturated carbocycles. The second-order valence-electron chi connectivity index (χ2n) is 6.40. The van der Waals surface area contributed by atoms with Gasteiger partial charge in [0.2, 0.25) is 0 Å². The van der Waals surface area contributed by atoms with Crippen LogP contribution in [0.5, 0.6) is 0 Å². The number of piperidine rings is 1. The average molecular weight is 356 g/mol. The zero-order valence-electron chi connectivity index (χ0n) is 13.9. The van der Waals surface area contributed by atoms with Crippen molar-refractivity contribution in [1.82, 2.24) is 19.5 Å². The van der Waals surface area contributed by atoms with Crippen LogP contribution in [0.4, 0.5) is 9.18 Å². The van der Waals surface area contributed by atoms with Gasteiger partial charge in [0, 0.05) is 36.2 Å². The Hall–Kier alpha value is -3.16. The van der Waals surface area contributed by atoms with Crippen LogP contribution < -0.4 is 5.56 Å². The van der Waals surface area contributed by atoms with Gasteiger partial charge in [-0.3, -0.25) is 4.79 Å². The molecular formula is C18H17FN4O3. The molecule has 1 saturated heterocycles. The maximum atomic E-state index is 14.2. The molecule has 0 atom stereocenters. The molecule has 3 aromatic rings. The number of rotatable bonds is 2. The maximum absolute atomic E-state index is 14.2. The minimum Gasteiger partial charge on any atom is -0.465 e. The fourth-order valence-electron chi connectivity index (χ4n) is 3.55. The molecule has 1 aromatic carbocycles. The molecule has 8 heteroatoms. The van der Waals surface area contributed by atoms with Crippen LogP contribution in [0.25, 0.3) is 16.8 Å². The lowest BCUT2D eigenvalue weighted by atomic mass is 9.93. The van der Waals surface area contributed by atoms with Gasteiger partial charge in [0.25, 0.3) is 5.56 Å². The summed E-state index contributed by atoms with van der Waals surface area (Å²) in [5, 5.41) is 13.4. The predicted octanol–water partition coefficient (Wildman–Crippen LogP) is 2.69. The third-order valence-electron chi connectivity index (χ3n) is 4.88. The summed E-state index contributed by atoms with van der Waals surface area (Å²) in [6.45, 7) is 0.825. The van der Waals surface area contributed by atoms with E-state index in [-0.39, 0.29) is 17.3 Å². The summed E-state index contributed by atoms with van der Waals surface area (Å²) in [6, 6.07) is 7.83. The Kier molecular flexibility index (Phi) is 3.95. The molecule has 134 valence electrons. The maximum Gasteiger partial charge on any atom is 0.407 e. The Labute approximate surface area is 147 Å². The first-order chi connectivity index (χ1) is 12.5. The second kappa shape index (κ2) is 6.29. The Morgan fingerprint density at radius 3 is 2.65 bits per heavy atom. The Morgan fingerprint density at radius 2 is 1.96 bits per heavy atom. The lowest BCUT2D eigenvalue weighted by molar-refractivity contribution is 0.131. The SMILES string of the molecule is O=C(O)N1CCC(c2cc(=O)[nH]c3c(-c4ccccc4F)cnn23)CC1. The lowest BCUT2D eigenvalue weighted by Gasteiger charge is -2.30. The average Bonchev–Trinajstić information content (AvgIpc) is 3.05. The molecule has 0 unspecified atom stereocenters. The highest BCUT2D eigenvalue weighted by Crippen LogP contribution is 2.30. The summed E-state index contributed by atoms with van der Waals surface area (Å²) in [5.74, 6) is -0.368. The van der Waals surface area contributed by atoms with E-state index in [0.29, 0.717) is 42.7 Å². The number of hydrogen-bond donors (Lipinski definition) is 2. The first-order valence-electron chi connectivity index (χ1n) is 8.38. The summed E-state index contributed by atoms with van der Waals surface area (Å²) in [6.07, 6.45) is 1.83. The van der Waals surface area contributed by atoms with E-state index in [4.69, 9.17) is 5.11 Å². The van der Waals surface area contributed by atoms with Gasteiger partial charge in [-0.15, -0.1) is 0 Å². The molecule has 1 amide bonds. The number of H-pyrrole nitrogens is 1. The van der Waals surface area contributed by atoms with E-state index in [9.17, 15) is 14.0 Å².